The first kappa shape index (κ1) is 20.3. The van der Waals surface area contributed by atoms with Gasteiger partial charge in [-0.15, -0.1) is 0 Å². The Balaban J connectivity index is 1.64. The highest BCUT2D eigenvalue weighted by molar-refractivity contribution is 6.30. The van der Waals surface area contributed by atoms with E-state index in [2.05, 4.69) is 35.9 Å². The quantitative estimate of drug-likeness (QED) is 0.307. The highest BCUT2D eigenvalue weighted by Gasteiger charge is 2.12. The normalized spacial score (nSPS) is 11.1. The molecule has 31 heavy (non-hydrogen) atoms. The predicted molar refractivity (Wildman–Crippen MR) is 120 cm³/mol. The largest absolute Gasteiger partial charge is 0.508 e. The molecule has 0 aliphatic heterocycles. The predicted octanol–water partition coefficient (Wildman–Crippen LogP) is 4.22. The van der Waals surface area contributed by atoms with Gasteiger partial charge in [0.05, 0.1) is 11.9 Å². The zero-order chi connectivity index (χ0) is 21.8. The summed E-state index contributed by atoms with van der Waals surface area (Å²) in [6.07, 6.45) is 1.60. The Bertz CT molecular complexity index is 1220. The third kappa shape index (κ3) is 5.14. The van der Waals surface area contributed by atoms with Gasteiger partial charge in [0.25, 0.3) is 5.95 Å². The van der Waals surface area contributed by atoms with Crippen LogP contribution in [0.25, 0.3) is 5.95 Å². The third-order valence-corrected chi connectivity index (χ3v) is 4.45. The maximum atomic E-state index is 9.38. The van der Waals surface area contributed by atoms with Crippen molar-refractivity contribution in [2.45, 2.75) is 13.8 Å². The molecule has 0 aliphatic carbocycles. The van der Waals surface area contributed by atoms with Gasteiger partial charge in [-0.2, -0.15) is 25.2 Å². The standard InChI is InChI=1S/C21H19ClN8O/c1-13-11-14(2)30(29-13)21-26-19(24-17-7-5-16(22)6-8-17)25-20(27-21)28-23-12-15-3-9-18(31)10-4-15/h3-12,31H,1-2H3,(H2,24,25,26,27,28). The van der Waals surface area contributed by atoms with E-state index in [9.17, 15) is 5.11 Å². The van der Waals surface area contributed by atoms with Crippen molar-refractivity contribution in [3.05, 3.63) is 76.6 Å². The molecule has 10 heteroatoms. The Morgan fingerprint density at radius 2 is 1.68 bits per heavy atom. The molecule has 9 nitrogen and oxygen atoms in total. The van der Waals surface area contributed by atoms with Gasteiger partial charge in [0.15, 0.2) is 0 Å². The molecule has 0 spiro atoms. The van der Waals surface area contributed by atoms with Crippen molar-refractivity contribution in [3.8, 4) is 11.7 Å². The van der Waals surface area contributed by atoms with E-state index < -0.39 is 0 Å². The number of phenolic OH excluding ortho intramolecular Hbond substituents is 1. The Kier molecular flexibility index (Phi) is 5.76. The summed E-state index contributed by atoms with van der Waals surface area (Å²) in [5.74, 6) is 1.10. The number of rotatable bonds is 6. The molecule has 0 aliphatic rings. The molecule has 0 unspecified atom stereocenters. The van der Waals surface area contributed by atoms with E-state index in [0.717, 1.165) is 22.6 Å². The second-order valence-electron chi connectivity index (χ2n) is 6.71. The van der Waals surface area contributed by atoms with Crippen LogP contribution in [0, 0.1) is 13.8 Å². The van der Waals surface area contributed by atoms with Crippen molar-refractivity contribution in [2.75, 3.05) is 10.7 Å². The number of benzene rings is 2. The summed E-state index contributed by atoms with van der Waals surface area (Å²) < 4.78 is 1.64. The Morgan fingerprint density at radius 3 is 2.35 bits per heavy atom. The lowest BCUT2D eigenvalue weighted by Gasteiger charge is -2.09. The monoisotopic (exact) mass is 434 g/mol. The molecule has 156 valence electrons. The van der Waals surface area contributed by atoms with Crippen molar-refractivity contribution in [1.82, 2.24) is 24.7 Å². The van der Waals surface area contributed by atoms with E-state index in [0.29, 0.717) is 16.9 Å². The summed E-state index contributed by atoms with van der Waals surface area (Å²) in [6.45, 7) is 3.82. The van der Waals surface area contributed by atoms with Crippen molar-refractivity contribution >= 4 is 35.4 Å². The van der Waals surface area contributed by atoms with Crippen molar-refractivity contribution in [2.24, 2.45) is 5.10 Å². The number of aromatic hydroxyl groups is 1. The van der Waals surface area contributed by atoms with Crippen molar-refractivity contribution < 1.29 is 5.11 Å². The maximum Gasteiger partial charge on any atom is 0.257 e. The van der Waals surface area contributed by atoms with Gasteiger partial charge in [-0.05, 0) is 74.0 Å². The number of anilines is 3. The summed E-state index contributed by atoms with van der Waals surface area (Å²) in [4.78, 5) is 13.3. The number of halogens is 1. The SMILES string of the molecule is Cc1cc(C)n(-c2nc(NN=Cc3ccc(O)cc3)nc(Nc3ccc(Cl)cc3)n2)n1. The number of aryl methyl sites for hydroxylation is 2. The third-order valence-electron chi connectivity index (χ3n) is 4.19. The molecule has 0 amide bonds. The number of phenols is 1. The Morgan fingerprint density at radius 1 is 0.968 bits per heavy atom. The van der Waals surface area contributed by atoms with Crippen molar-refractivity contribution in [3.63, 3.8) is 0 Å². The summed E-state index contributed by atoms with van der Waals surface area (Å²) in [7, 11) is 0. The van der Waals surface area contributed by atoms with Crippen LogP contribution in [-0.2, 0) is 0 Å². The Labute approximate surface area is 183 Å². The summed E-state index contributed by atoms with van der Waals surface area (Å²) in [5, 5.41) is 21.8. The first-order valence-electron chi connectivity index (χ1n) is 9.37. The van der Waals surface area contributed by atoms with Crippen LogP contribution in [-0.4, -0.2) is 36.1 Å². The summed E-state index contributed by atoms with van der Waals surface area (Å²) in [5.41, 5.74) is 6.14. The van der Waals surface area contributed by atoms with E-state index in [1.165, 1.54) is 0 Å². The minimum atomic E-state index is 0.190. The second kappa shape index (κ2) is 8.80. The van der Waals surface area contributed by atoms with Crippen LogP contribution < -0.4 is 10.7 Å². The smallest absolute Gasteiger partial charge is 0.257 e. The van der Waals surface area contributed by atoms with Gasteiger partial charge in [0.1, 0.15) is 5.75 Å². The number of nitrogens with one attached hydrogen (secondary N) is 2. The highest BCUT2D eigenvalue weighted by Crippen LogP contribution is 2.19. The van der Waals surface area contributed by atoms with Gasteiger partial charge in [-0.25, -0.2) is 10.1 Å². The lowest BCUT2D eigenvalue weighted by atomic mass is 10.2. The van der Waals surface area contributed by atoms with Crippen LogP contribution in [0.1, 0.15) is 17.0 Å². The fraction of sp³-hybridized carbons (Fsp3) is 0.0952. The molecule has 4 rings (SSSR count). The van der Waals surface area contributed by atoms with Crippen molar-refractivity contribution in [1.29, 1.82) is 0 Å². The van der Waals surface area contributed by atoms with Crippen LogP contribution in [0.15, 0.2) is 59.7 Å². The molecular formula is C21H19ClN8O. The average Bonchev–Trinajstić information content (AvgIpc) is 3.09. The summed E-state index contributed by atoms with van der Waals surface area (Å²) >= 11 is 5.96. The van der Waals surface area contributed by atoms with E-state index in [1.54, 1.807) is 47.3 Å². The van der Waals surface area contributed by atoms with Gasteiger partial charge < -0.3 is 10.4 Å². The van der Waals surface area contributed by atoms with Crippen LogP contribution in [0.4, 0.5) is 17.6 Å². The van der Waals surface area contributed by atoms with Crippen LogP contribution in [0.2, 0.25) is 5.02 Å². The van der Waals surface area contributed by atoms with E-state index in [4.69, 9.17) is 11.6 Å². The fourth-order valence-electron chi connectivity index (χ4n) is 2.78. The lowest BCUT2D eigenvalue weighted by Crippen LogP contribution is -2.11. The highest BCUT2D eigenvalue weighted by atomic mass is 35.5. The molecule has 2 aromatic heterocycles. The summed E-state index contributed by atoms with van der Waals surface area (Å²) in [6, 6.07) is 15.8. The zero-order valence-electron chi connectivity index (χ0n) is 16.8. The number of hydrogen-bond acceptors (Lipinski definition) is 8. The van der Waals surface area contributed by atoms with E-state index in [-0.39, 0.29) is 11.7 Å². The molecule has 2 aromatic carbocycles. The van der Waals surface area contributed by atoms with Crippen LogP contribution in [0.5, 0.6) is 5.75 Å². The molecule has 0 atom stereocenters. The molecule has 0 saturated carbocycles. The molecule has 3 N–H and O–H groups in total. The van der Waals surface area contributed by atoms with E-state index >= 15 is 0 Å². The van der Waals surface area contributed by atoms with Gasteiger partial charge in [0.2, 0.25) is 11.9 Å². The average molecular weight is 435 g/mol. The molecule has 0 saturated heterocycles. The molecule has 2 heterocycles. The second-order valence-corrected chi connectivity index (χ2v) is 7.15. The van der Waals surface area contributed by atoms with E-state index in [1.807, 2.05) is 32.0 Å². The molecule has 0 radical (unpaired) electrons. The molecule has 0 fully saturated rings. The molecule has 0 bridgehead atoms. The zero-order valence-corrected chi connectivity index (χ0v) is 17.5. The molecular weight excluding hydrogens is 416 g/mol. The molecule has 4 aromatic rings. The number of aromatic nitrogens is 5. The first-order valence-corrected chi connectivity index (χ1v) is 9.74. The Hall–Kier alpha value is -3.98. The van der Waals surface area contributed by atoms with Crippen LogP contribution in [0.3, 0.4) is 0 Å². The number of nitrogens with zero attached hydrogens (tertiary/aromatic N) is 6. The minimum Gasteiger partial charge on any atom is -0.508 e. The maximum absolute atomic E-state index is 9.38. The first-order chi connectivity index (χ1) is 15.0. The minimum absolute atomic E-state index is 0.190. The van der Waals surface area contributed by atoms with Gasteiger partial charge in [-0.3, -0.25) is 0 Å². The van der Waals surface area contributed by atoms with Crippen LogP contribution >= 0.6 is 11.6 Å². The topological polar surface area (TPSA) is 113 Å². The van der Waals surface area contributed by atoms with Gasteiger partial charge in [0, 0.05) is 16.4 Å². The number of hydrogen-bond donors (Lipinski definition) is 3. The lowest BCUT2D eigenvalue weighted by molar-refractivity contribution is 0.475. The van der Waals surface area contributed by atoms with Gasteiger partial charge >= 0.3 is 0 Å². The van der Waals surface area contributed by atoms with Gasteiger partial charge in [-0.1, -0.05) is 11.6 Å². The number of hydrazone groups is 1. The fourth-order valence-corrected chi connectivity index (χ4v) is 2.91.